The lowest BCUT2D eigenvalue weighted by Gasteiger charge is -2.15. The Labute approximate surface area is 80.8 Å². The van der Waals surface area contributed by atoms with Gasteiger partial charge in [-0.2, -0.15) is 9.61 Å². The fourth-order valence-electron chi connectivity index (χ4n) is 1.35. The highest BCUT2D eigenvalue weighted by Crippen LogP contribution is 2.23. The first-order valence-corrected chi connectivity index (χ1v) is 4.42. The van der Waals surface area contributed by atoms with Gasteiger partial charge in [0.25, 0.3) is 0 Å². The smallest absolute Gasteiger partial charge is 0.296 e. The van der Waals surface area contributed by atoms with Crippen molar-refractivity contribution in [3.05, 3.63) is 28.6 Å². The molecule has 5 nitrogen and oxygen atoms in total. The fraction of sp³-hybridized carbons (Fsp3) is 0.444. The Kier molecular flexibility index (Phi) is 1.70. The van der Waals surface area contributed by atoms with Crippen LogP contribution in [0.4, 0.5) is 0 Å². The Morgan fingerprint density at radius 2 is 2.14 bits per heavy atom. The number of hydrogen-bond acceptors (Lipinski definition) is 3. The Balaban J connectivity index is 2.83. The Bertz CT molecular complexity index is 517. The molecule has 0 atom stereocenters. The standard InChI is InChI=1S/C9H12N4O/c1-9(2,3)6-4-12-13-7(6)10-5-11-8(13)14/h4-5H,1-3H3,(H,10,11,14). The van der Waals surface area contributed by atoms with Gasteiger partial charge in [-0.25, -0.2) is 9.78 Å². The van der Waals surface area contributed by atoms with Crippen LogP contribution in [0, 0.1) is 0 Å². The summed E-state index contributed by atoms with van der Waals surface area (Å²) in [6, 6.07) is 0. The van der Waals surface area contributed by atoms with E-state index in [-0.39, 0.29) is 11.1 Å². The van der Waals surface area contributed by atoms with Crippen LogP contribution in [0.3, 0.4) is 0 Å². The van der Waals surface area contributed by atoms with Crippen LogP contribution in [-0.4, -0.2) is 19.6 Å². The normalized spacial score (nSPS) is 12.2. The second-order valence-electron chi connectivity index (χ2n) is 4.25. The van der Waals surface area contributed by atoms with Crippen LogP contribution in [0.5, 0.6) is 0 Å². The molecule has 0 aliphatic rings. The molecule has 0 saturated heterocycles. The molecule has 0 aliphatic heterocycles. The summed E-state index contributed by atoms with van der Waals surface area (Å²) in [5, 5.41) is 4.00. The molecule has 0 spiro atoms. The van der Waals surface area contributed by atoms with Crippen LogP contribution in [0.15, 0.2) is 17.3 Å². The third-order valence-electron chi connectivity index (χ3n) is 2.12. The van der Waals surface area contributed by atoms with Crippen molar-refractivity contribution < 1.29 is 0 Å². The molecule has 2 heterocycles. The average Bonchev–Trinajstić information content (AvgIpc) is 2.47. The summed E-state index contributed by atoms with van der Waals surface area (Å²) in [6.07, 6.45) is 3.09. The van der Waals surface area contributed by atoms with E-state index in [0.717, 1.165) is 5.56 Å². The number of fused-ring (bicyclic) bond motifs is 1. The molecule has 74 valence electrons. The molecule has 0 unspecified atom stereocenters. The highest BCUT2D eigenvalue weighted by Gasteiger charge is 2.20. The van der Waals surface area contributed by atoms with E-state index in [1.165, 1.54) is 10.8 Å². The summed E-state index contributed by atoms with van der Waals surface area (Å²) in [6.45, 7) is 6.19. The SMILES string of the molecule is CC(C)(C)c1cnn2c(=O)[nH]cnc12. The van der Waals surface area contributed by atoms with E-state index in [1.54, 1.807) is 6.20 Å². The van der Waals surface area contributed by atoms with E-state index in [4.69, 9.17) is 0 Å². The maximum atomic E-state index is 11.3. The maximum absolute atomic E-state index is 11.3. The van der Waals surface area contributed by atoms with E-state index >= 15 is 0 Å². The van der Waals surface area contributed by atoms with Crippen molar-refractivity contribution >= 4 is 5.65 Å². The van der Waals surface area contributed by atoms with Crippen molar-refractivity contribution in [3.8, 4) is 0 Å². The molecule has 0 radical (unpaired) electrons. The van der Waals surface area contributed by atoms with Gasteiger partial charge in [0.1, 0.15) is 0 Å². The summed E-state index contributed by atoms with van der Waals surface area (Å²) in [7, 11) is 0. The van der Waals surface area contributed by atoms with Crippen LogP contribution < -0.4 is 5.69 Å². The van der Waals surface area contributed by atoms with Crippen molar-refractivity contribution in [1.82, 2.24) is 19.6 Å². The summed E-state index contributed by atoms with van der Waals surface area (Å²) in [4.78, 5) is 17.9. The quantitative estimate of drug-likeness (QED) is 0.668. The summed E-state index contributed by atoms with van der Waals surface area (Å²) < 4.78 is 1.28. The van der Waals surface area contributed by atoms with Gasteiger partial charge < -0.3 is 0 Å². The first-order valence-electron chi connectivity index (χ1n) is 4.42. The molecule has 0 amide bonds. The Morgan fingerprint density at radius 1 is 1.43 bits per heavy atom. The molecule has 0 aromatic carbocycles. The lowest BCUT2D eigenvalue weighted by atomic mass is 9.89. The molecular formula is C9H12N4O. The van der Waals surface area contributed by atoms with E-state index < -0.39 is 0 Å². The lowest BCUT2D eigenvalue weighted by molar-refractivity contribution is 0.594. The van der Waals surface area contributed by atoms with Gasteiger partial charge in [-0.3, -0.25) is 4.98 Å². The van der Waals surface area contributed by atoms with E-state index in [0.29, 0.717) is 5.65 Å². The van der Waals surface area contributed by atoms with Crippen LogP contribution >= 0.6 is 0 Å². The zero-order valence-electron chi connectivity index (χ0n) is 8.40. The Morgan fingerprint density at radius 3 is 2.79 bits per heavy atom. The van der Waals surface area contributed by atoms with Crippen LogP contribution in [-0.2, 0) is 5.41 Å². The van der Waals surface area contributed by atoms with Crippen molar-refractivity contribution in [2.24, 2.45) is 0 Å². The number of nitrogens with one attached hydrogen (secondary N) is 1. The number of nitrogens with zero attached hydrogens (tertiary/aromatic N) is 3. The molecule has 0 fully saturated rings. The minimum absolute atomic E-state index is 0.0530. The van der Waals surface area contributed by atoms with Gasteiger partial charge in [-0.15, -0.1) is 0 Å². The monoisotopic (exact) mass is 192 g/mol. The second kappa shape index (κ2) is 2.67. The molecule has 0 bridgehead atoms. The lowest BCUT2D eigenvalue weighted by Crippen LogP contribution is -2.19. The topological polar surface area (TPSA) is 63.1 Å². The molecule has 5 heteroatoms. The zero-order chi connectivity index (χ0) is 10.3. The van der Waals surface area contributed by atoms with Gasteiger partial charge in [0.15, 0.2) is 5.65 Å². The van der Waals surface area contributed by atoms with Gasteiger partial charge in [0.05, 0.1) is 12.5 Å². The largest absolute Gasteiger partial charge is 0.349 e. The fourth-order valence-corrected chi connectivity index (χ4v) is 1.35. The van der Waals surface area contributed by atoms with E-state index in [9.17, 15) is 4.79 Å². The van der Waals surface area contributed by atoms with E-state index in [1.807, 2.05) is 0 Å². The van der Waals surface area contributed by atoms with Gasteiger partial charge in [-0.1, -0.05) is 20.8 Å². The van der Waals surface area contributed by atoms with Gasteiger partial charge >= 0.3 is 5.69 Å². The first kappa shape index (κ1) is 8.93. The number of aromatic nitrogens is 4. The highest BCUT2D eigenvalue weighted by molar-refractivity contribution is 5.48. The van der Waals surface area contributed by atoms with Gasteiger partial charge in [0, 0.05) is 5.56 Å². The van der Waals surface area contributed by atoms with Crippen molar-refractivity contribution in [3.63, 3.8) is 0 Å². The summed E-state index contributed by atoms with van der Waals surface area (Å²) in [5.74, 6) is 0. The first-order chi connectivity index (χ1) is 6.50. The second-order valence-corrected chi connectivity index (χ2v) is 4.25. The molecule has 2 rings (SSSR count). The summed E-state index contributed by atoms with van der Waals surface area (Å²) >= 11 is 0. The molecule has 0 aliphatic carbocycles. The van der Waals surface area contributed by atoms with Crippen LogP contribution in [0.1, 0.15) is 26.3 Å². The summed E-state index contributed by atoms with van der Waals surface area (Å²) in [5.41, 5.74) is 1.29. The Hall–Kier alpha value is -1.65. The van der Waals surface area contributed by atoms with E-state index in [2.05, 4.69) is 35.8 Å². The predicted molar refractivity (Wildman–Crippen MR) is 52.3 cm³/mol. The minimum Gasteiger partial charge on any atom is -0.296 e. The minimum atomic E-state index is -0.259. The van der Waals surface area contributed by atoms with Gasteiger partial charge in [-0.05, 0) is 5.41 Å². The molecule has 1 N–H and O–H groups in total. The molecule has 2 aromatic heterocycles. The van der Waals surface area contributed by atoms with Crippen LogP contribution in [0.2, 0.25) is 0 Å². The third-order valence-corrected chi connectivity index (χ3v) is 2.12. The highest BCUT2D eigenvalue weighted by atomic mass is 16.1. The van der Waals surface area contributed by atoms with Crippen molar-refractivity contribution in [1.29, 1.82) is 0 Å². The van der Waals surface area contributed by atoms with Crippen LogP contribution in [0.25, 0.3) is 5.65 Å². The predicted octanol–water partition coefficient (Wildman–Crippen LogP) is 0.715. The molecule has 2 aromatic rings. The molecule has 0 saturated carbocycles. The van der Waals surface area contributed by atoms with Crippen molar-refractivity contribution in [2.45, 2.75) is 26.2 Å². The maximum Gasteiger partial charge on any atom is 0.349 e. The third kappa shape index (κ3) is 1.21. The van der Waals surface area contributed by atoms with Gasteiger partial charge in [0.2, 0.25) is 0 Å². The number of rotatable bonds is 0. The van der Waals surface area contributed by atoms with Crippen molar-refractivity contribution in [2.75, 3.05) is 0 Å². The number of H-pyrrole nitrogens is 1. The average molecular weight is 192 g/mol. The number of hydrogen-bond donors (Lipinski definition) is 1. The molecule has 14 heavy (non-hydrogen) atoms. The zero-order valence-corrected chi connectivity index (χ0v) is 8.40. The molecular weight excluding hydrogens is 180 g/mol. The number of aromatic amines is 1.